The first-order valence-electron chi connectivity index (χ1n) is 9.22. The third-order valence-corrected chi connectivity index (χ3v) is 5.81. The molecule has 2 aliphatic carbocycles. The SMILES string of the molecule is COc1cccc2c1C(=O)c1c(O)c3c(c(OC)c1C2=O)C[C@H](C(C)=O)C[C@H]3O. The van der Waals surface area contributed by atoms with Crippen LogP contribution in [0, 0.1) is 5.92 Å². The van der Waals surface area contributed by atoms with E-state index in [1.807, 2.05) is 0 Å². The predicted molar refractivity (Wildman–Crippen MR) is 102 cm³/mol. The number of benzene rings is 2. The van der Waals surface area contributed by atoms with Gasteiger partial charge in [0.2, 0.25) is 5.78 Å². The van der Waals surface area contributed by atoms with Crippen LogP contribution in [0.3, 0.4) is 0 Å². The van der Waals surface area contributed by atoms with Gasteiger partial charge in [-0.3, -0.25) is 14.4 Å². The molecule has 0 saturated heterocycles. The van der Waals surface area contributed by atoms with Crippen LogP contribution in [0.25, 0.3) is 0 Å². The number of ketones is 3. The van der Waals surface area contributed by atoms with Gasteiger partial charge in [0, 0.05) is 22.6 Å². The smallest absolute Gasteiger partial charge is 0.202 e. The van der Waals surface area contributed by atoms with Crippen LogP contribution in [-0.4, -0.2) is 41.8 Å². The van der Waals surface area contributed by atoms with Crippen molar-refractivity contribution in [1.29, 1.82) is 0 Å². The highest BCUT2D eigenvalue weighted by Gasteiger charge is 2.43. The van der Waals surface area contributed by atoms with E-state index in [9.17, 15) is 24.6 Å². The zero-order chi connectivity index (χ0) is 21.0. The Labute approximate surface area is 166 Å². The summed E-state index contributed by atoms with van der Waals surface area (Å²) < 4.78 is 10.7. The van der Waals surface area contributed by atoms with E-state index >= 15 is 0 Å². The van der Waals surface area contributed by atoms with Gasteiger partial charge >= 0.3 is 0 Å². The average Bonchev–Trinajstić information content (AvgIpc) is 2.70. The van der Waals surface area contributed by atoms with E-state index in [-0.39, 0.29) is 57.9 Å². The molecule has 0 bridgehead atoms. The molecular formula is C22H20O7. The van der Waals surface area contributed by atoms with E-state index in [2.05, 4.69) is 0 Å². The van der Waals surface area contributed by atoms with Crippen LogP contribution in [-0.2, 0) is 11.2 Å². The van der Waals surface area contributed by atoms with E-state index in [1.165, 1.54) is 27.2 Å². The van der Waals surface area contributed by atoms with E-state index in [1.54, 1.807) is 12.1 Å². The van der Waals surface area contributed by atoms with Gasteiger partial charge in [-0.25, -0.2) is 0 Å². The number of aromatic hydroxyl groups is 1. The molecule has 7 nitrogen and oxygen atoms in total. The number of rotatable bonds is 3. The second-order valence-corrected chi connectivity index (χ2v) is 7.33. The van der Waals surface area contributed by atoms with Gasteiger partial charge in [-0.2, -0.15) is 0 Å². The van der Waals surface area contributed by atoms with Gasteiger partial charge in [0.05, 0.1) is 37.0 Å². The van der Waals surface area contributed by atoms with Gasteiger partial charge in [-0.05, 0) is 25.8 Å². The maximum absolute atomic E-state index is 13.3. The standard InChI is InChI=1S/C22H20O7/c1-9(23)10-7-12-15(13(24)8-10)20(26)17-18(22(12)29-3)19(25)11-5-4-6-14(28-2)16(11)21(17)27/h4-6,10,13,24,26H,7-8H2,1-3H3/t10-,13+/m0/s1. The summed E-state index contributed by atoms with van der Waals surface area (Å²) in [7, 11) is 2.75. The van der Waals surface area contributed by atoms with Crippen molar-refractivity contribution in [1.82, 2.24) is 0 Å². The Hall–Kier alpha value is -3.19. The maximum atomic E-state index is 13.3. The Morgan fingerprint density at radius 1 is 1.07 bits per heavy atom. The summed E-state index contributed by atoms with van der Waals surface area (Å²) in [4.78, 5) is 38.5. The number of fused-ring (bicyclic) bond motifs is 3. The van der Waals surface area contributed by atoms with Crippen molar-refractivity contribution < 1.29 is 34.1 Å². The van der Waals surface area contributed by atoms with Crippen LogP contribution >= 0.6 is 0 Å². The third kappa shape index (κ3) is 2.57. The fourth-order valence-corrected chi connectivity index (χ4v) is 4.42. The van der Waals surface area contributed by atoms with Crippen molar-refractivity contribution in [2.45, 2.75) is 25.9 Å². The van der Waals surface area contributed by atoms with Gasteiger partial charge in [-0.15, -0.1) is 0 Å². The molecule has 150 valence electrons. The van der Waals surface area contributed by atoms with E-state index in [0.29, 0.717) is 5.56 Å². The zero-order valence-corrected chi connectivity index (χ0v) is 16.2. The highest BCUT2D eigenvalue weighted by molar-refractivity contribution is 6.31. The number of carbonyl (C=O) groups is 3. The van der Waals surface area contributed by atoms with Crippen molar-refractivity contribution in [3.05, 3.63) is 51.6 Å². The molecule has 0 aliphatic heterocycles. The van der Waals surface area contributed by atoms with Crippen molar-refractivity contribution >= 4 is 17.3 Å². The highest BCUT2D eigenvalue weighted by Crippen LogP contribution is 2.50. The number of methoxy groups -OCH3 is 2. The van der Waals surface area contributed by atoms with Crippen LogP contribution in [0.5, 0.6) is 17.2 Å². The zero-order valence-electron chi connectivity index (χ0n) is 16.2. The lowest BCUT2D eigenvalue weighted by Crippen LogP contribution is -2.29. The number of Topliss-reactive ketones (excluding diaryl/α,β-unsaturated/α-hetero) is 1. The molecule has 0 aromatic heterocycles. The Bertz CT molecular complexity index is 1080. The summed E-state index contributed by atoms with van der Waals surface area (Å²) in [6.07, 6.45) is -0.827. The molecular weight excluding hydrogens is 376 g/mol. The summed E-state index contributed by atoms with van der Waals surface area (Å²) >= 11 is 0. The topological polar surface area (TPSA) is 110 Å². The average molecular weight is 396 g/mol. The minimum absolute atomic E-state index is 0.0501. The monoisotopic (exact) mass is 396 g/mol. The Morgan fingerprint density at radius 3 is 2.41 bits per heavy atom. The minimum Gasteiger partial charge on any atom is -0.507 e. The lowest BCUT2D eigenvalue weighted by atomic mass is 9.74. The molecule has 0 radical (unpaired) electrons. The predicted octanol–water partition coefficient (Wildman–Crippen LogP) is 2.37. The number of hydrogen-bond acceptors (Lipinski definition) is 7. The Morgan fingerprint density at radius 2 is 1.79 bits per heavy atom. The first-order valence-corrected chi connectivity index (χ1v) is 9.22. The van der Waals surface area contributed by atoms with Crippen molar-refractivity contribution in [3.63, 3.8) is 0 Å². The lowest BCUT2D eigenvalue weighted by molar-refractivity contribution is -0.122. The molecule has 2 atom stereocenters. The molecule has 0 spiro atoms. The molecule has 29 heavy (non-hydrogen) atoms. The number of carbonyl (C=O) groups excluding carboxylic acids is 3. The summed E-state index contributed by atoms with van der Waals surface area (Å²) in [5.74, 6) is -1.74. The minimum atomic E-state index is -1.16. The first kappa shape index (κ1) is 19.1. The van der Waals surface area contributed by atoms with E-state index in [4.69, 9.17) is 9.47 Å². The normalized spacial score (nSPS) is 19.9. The number of aliphatic hydroxyl groups excluding tert-OH is 1. The van der Waals surface area contributed by atoms with Crippen molar-refractivity contribution in [3.8, 4) is 17.2 Å². The highest BCUT2D eigenvalue weighted by atomic mass is 16.5. The van der Waals surface area contributed by atoms with E-state index in [0.717, 1.165) is 0 Å². The summed E-state index contributed by atoms with van der Waals surface area (Å²) in [6.45, 7) is 1.43. The molecule has 4 rings (SSSR count). The Balaban J connectivity index is 2.05. The maximum Gasteiger partial charge on any atom is 0.202 e. The van der Waals surface area contributed by atoms with Gasteiger partial charge in [0.1, 0.15) is 23.0 Å². The number of aliphatic hydroxyl groups is 1. The molecule has 0 heterocycles. The molecule has 0 fully saturated rings. The number of phenols is 1. The van der Waals surface area contributed by atoms with E-state index < -0.39 is 29.3 Å². The van der Waals surface area contributed by atoms with Gasteiger partial charge in [-0.1, -0.05) is 12.1 Å². The van der Waals surface area contributed by atoms with Gasteiger partial charge in [0.15, 0.2) is 5.78 Å². The largest absolute Gasteiger partial charge is 0.507 e. The van der Waals surface area contributed by atoms with Crippen LogP contribution in [0.4, 0.5) is 0 Å². The molecule has 7 heteroatoms. The lowest BCUT2D eigenvalue weighted by Gasteiger charge is -2.32. The molecule has 0 saturated carbocycles. The summed E-state index contributed by atoms with van der Waals surface area (Å²) in [5, 5.41) is 21.6. The van der Waals surface area contributed by atoms with Crippen LogP contribution in [0.15, 0.2) is 18.2 Å². The van der Waals surface area contributed by atoms with Gasteiger partial charge in [0.25, 0.3) is 0 Å². The van der Waals surface area contributed by atoms with Crippen LogP contribution < -0.4 is 9.47 Å². The Kier molecular flexibility index (Phi) is 4.42. The first-order chi connectivity index (χ1) is 13.8. The molecule has 2 aliphatic rings. The molecule has 2 N–H and O–H groups in total. The second kappa shape index (κ2) is 6.70. The quantitative estimate of drug-likeness (QED) is 0.699. The van der Waals surface area contributed by atoms with Crippen LogP contribution in [0.2, 0.25) is 0 Å². The summed E-state index contributed by atoms with van der Waals surface area (Å²) in [6, 6.07) is 4.69. The number of phenolic OH excluding ortho intramolecular Hbond substituents is 1. The number of ether oxygens (including phenoxy) is 2. The van der Waals surface area contributed by atoms with Gasteiger partial charge < -0.3 is 19.7 Å². The fourth-order valence-electron chi connectivity index (χ4n) is 4.42. The van der Waals surface area contributed by atoms with Crippen LogP contribution in [0.1, 0.15) is 62.4 Å². The second-order valence-electron chi connectivity index (χ2n) is 7.33. The molecule has 0 unspecified atom stereocenters. The molecule has 0 amide bonds. The van der Waals surface area contributed by atoms with Crippen molar-refractivity contribution in [2.75, 3.05) is 14.2 Å². The summed E-state index contributed by atoms with van der Waals surface area (Å²) in [5.41, 5.74) is 0.484. The third-order valence-electron chi connectivity index (χ3n) is 5.81. The number of hydrogen-bond donors (Lipinski definition) is 2. The fraction of sp³-hybridized carbons (Fsp3) is 0.318. The molecule has 2 aromatic carbocycles. The van der Waals surface area contributed by atoms with Crippen molar-refractivity contribution in [2.24, 2.45) is 5.92 Å². The molecule has 2 aromatic rings.